The van der Waals surface area contributed by atoms with E-state index in [0.29, 0.717) is 20.7 Å². The van der Waals surface area contributed by atoms with Gasteiger partial charge in [0.1, 0.15) is 0 Å². The zero-order valence-corrected chi connectivity index (χ0v) is 12.6. The van der Waals surface area contributed by atoms with Gasteiger partial charge in [-0.05, 0) is 36.5 Å². The lowest BCUT2D eigenvalue weighted by atomic mass is 10.2. The third kappa shape index (κ3) is 4.20. The van der Waals surface area contributed by atoms with Gasteiger partial charge >= 0.3 is 0 Å². The van der Waals surface area contributed by atoms with E-state index in [0.717, 1.165) is 5.69 Å². The molecule has 0 fully saturated rings. The number of anilines is 1. The van der Waals surface area contributed by atoms with Crippen LogP contribution in [0.3, 0.4) is 0 Å². The quantitative estimate of drug-likeness (QED) is 0.502. The molecule has 2 rings (SSSR count). The van der Waals surface area contributed by atoms with Gasteiger partial charge in [-0.1, -0.05) is 47.5 Å². The Morgan fingerprint density at radius 1 is 1.00 bits per heavy atom. The number of rotatable bonds is 3. The van der Waals surface area contributed by atoms with Gasteiger partial charge in [-0.2, -0.15) is 5.10 Å². The number of hydrogen-bond acceptors (Lipinski definition) is 2. The van der Waals surface area contributed by atoms with Crippen molar-refractivity contribution >= 4 is 52.4 Å². The minimum absolute atomic E-state index is 0.385. The lowest BCUT2D eigenvalue weighted by Crippen LogP contribution is -2.23. The number of hydrogen-bond donors (Lipinski definition) is 2. The molecule has 3 nitrogen and oxygen atoms in total. The van der Waals surface area contributed by atoms with Gasteiger partial charge in [-0.25, -0.2) is 0 Å². The van der Waals surface area contributed by atoms with Crippen LogP contribution in [0.5, 0.6) is 0 Å². The maximum absolute atomic E-state index is 6.02. The minimum atomic E-state index is 0.385. The van der Waals surface area contributed by atoms with Crippen LogP contribution in [0.15, 0.2) is 53.6 Å². The van der Waals surface area contributed by atoms with Crippen LogP contribution in [0.4, 0.5) is 5.69 Å². The normalized spacial score (nSPS) is 10.5. The van der Waals surface area contributed by atoms with Crippen molar-refractivity contribution in [2.45, 2.75) is 0 Å². The predicted molar refractivity (Wildman–Crippen MR) is 89.9 cm³/mol. The highest BCUT2D eigenvalue weighted by Gasteiger charge is 2.02. The van der Waals surface area contributed by atoms with Crippen LogP contribution < -0.4 is 10.7 Å². The van der Waals surface area contributed by atoms with Crippen LogP contribution in [0.1, 0.15) is 5.56 Å². The van der Waals surface area contributed by atoms with Crippen molar-refractivity contribution in [2.75, 3.05) is 5.32 Å². The Hall–Kier alpha value is -1.62. The third-order valence-electron chi connectivity index (χ3n) is 2.39. The highest BCUT2D eigenvalue weighted by molar-refractivity contribution is 7.80. The summed E-state index contributed by atoms with van der Waals surface area (Å²) in [7, 11) is 0. The number of para-hydroxylation sites is 1. The zero-order chi connectivity index (χ0) is 14.4. The van der Waals surface area contributed by atoms with Crippen LogP contribution in [0.25, 0.3) is 0 Å². The first kappa shape index (κ1) is 14.8. The molecule has 0 radical (unpaired) electrons. The predicted octanol–water partition coefficient (Wildman–Crippen LogP) is 4.31. The first-order chi connectivity index (χ1) is 9.66. The summed E-state index contributed by atoms with van der Waals surface area (Å²) in [4.78, 5) is 0. The highest BCUT2D eigenvalue weighted by Crippen LogP contribution is 2.21. The van der Waals surface area contributed by atoms with Gasteiger partial charge < -0.3 is 5.32 Å². The molecule has 0 spiro atoms. The molecule has 6 heteroatoms. The second kappa shape index (κ2) is 7.24. The Morgan fingerprint density at radius 3 is 2.30 bits per heavy atom. The molecule has 0 saturated carbocycles. The van der Waals surface area contributed by atoms with Crippen molar-refractivity contribution in [2.24, 2.45) is 5.10 Å². The Bertz CT molecular complexity index is 609. The Morgan fingerprint density at radius 2 is 1.65 bits per heavy atom. The highest BCUT2D eigenvalue weighted by atomic mass is 35.5. The van der Waals surface area contributed by atoms with Crippen LogP contribution in [0, 0.1) is 0 Å². The number of nitrogens with one attached hydrogen (secondary N) is 2. The van der Waals surface area contributed by atoms with Crippen molar-refractivity contribution < 1.29 is 0 Å². The molecule has 0 aromatic heterocycles. The van der Waals surface area contributed by atoms with Crippen LogP contribution in [0.2, 0.25) is 10.0 Å². The molecule has 0 bridgehead atoms. The van der Waals surface area contributed by atoms with Gasteiger partial charge in [-0.3, -0.25) is 5.43 Å². The van der Waals surface area contributed by atoms with E-state index in [2.05, 4.69) is 15.8 Å². The summed E-state index contributed by atoms with van der Waals surface area (Å²) in [5, 5.41) is 8.46. The van der Waals surface area contributed by atoms with Gasteiger partial charge in [0.25, 0.3) is 0 Å². The Balaban J connectivity index is 1.95. The fraction of sp³-hybridized carbons (Fsp3) is 0. The summed E-state index contributed by atoms with van der Waals surface area (Å²) in [6.45, 7) is 0. The van der Waals surface area contributed by atoms with E-state index in [4.69, 9.17) is 35.4 Å². The number of halogens is 2. The molecule has 0 atom stereocenters. The van der Waals surface area contributed by atoms with Crippen molar-refractivity contribution in [3.8, 4) is 0 Å². The first-order valence-electron chi connectivity index (χ1n) is 5.76. The van der Waals surface area contributed by atoms with E-state index >= 15 is 0 Å². The van der Waals surface area contributed by atoms with Crippen molar-refractivity contribution in [3.63, 3.8) is 0 Å². The molecule has 2 aromatic rings. The van der Waals surface area contributed by atoms with E-state index in [1.807, 2.05) is 30.3 Å². The Labute approximate surface area is 132 Å². The Kier molecular flexibility index (Phi) is 5.35. The average Bonchev–Trinajstić information content (AvgIpc) is 2.43. The second-order valence-corrected chi connectivity index (χ2v) is 5.05. The van der Waals surface area contributed by atoms with Gasteiger partial charge in [0.2, 0.25) is 0 Å². The van der Waals surface area contributed by atoms with Gasteiger partial charge in [-0.15, -0.1) is 0 Å². The van der Waals surface area contributed by atoms with Gasteiger partial charge in [0.15, 0.2) is 5.11 Å². The summed E-state index contributed by atoms with van der Waals surface area (Å²) in [5.41, 5.74) is 4.24. The molecule has 2 N–H and O–H groups in total. The average molecular weight is 324 g/mol. The summed E-state index contributed by atoms with van der Waals surface area (Å²) in [5.74, 6) is 0. The molecule has 0 aliphatic carbocycles. The summed E-state index contributed by atoms with van der Waals surface area (Å²) in [6.07, 6.45) is 1.53. The SMILES string of the molecule is S=C(NN=Cc1c(Cl)cccc1Cl)Nc1ccccc1. The minimum Gasteiger partial charge on any atom is -0.331 e. The van der Waals surface area contributed by atoms with E-state index < -0.39 is 0 Å². The van der Waals surface area contributed by atoms with Crippen LogP contribution >= 0.6 is 35.4 Å². The summed E-state index contributed by atoms with van der Waals surface area (Å²) >= 11 is 17.2. The summed E-state index contributed by atoms with van der Waals surface area (Å²) in [6, 6.07) is 14.8. The van der Waals surface area contributed by atoms with Crippen molar-refractivity contribution in [1.29, 1.82) is 0 Å². The van der Waals surface area contributed by atoms with E-state index in [-0.39, 0.29) is 0 Å². The number of benzene rings is 2. The van der Waals surface area contributed by atoms with Crippen LogP contribution in [-0.2, 0) is 0 Å². The molecule has 2 aromatic carbocycles. The number of nitrogens with zero attached hydrogens (tertiary/aromatic N) is 1. The maximum atomic E-state index is 6.02. The molecule has 0 saturated heterocycles. The third-order valence-corrected chi connectivity index (χ3v) is 3.24. The second-order valence-electron chi connectivity index (χ2n) is 3.83. The van der Waals surface area contributed by atoms with E-state index in [9.17, 15) is 0 Å². The fourth-order valence-corrected chi connectivity index (χ4v) is 2.14. The molecule has 0 aliphatic rings. The lowest BCUT2D eigenvalue weighted by Gasteiger charge is -2.06. The first-order valence-corrected chi connectivity index (χ1v) is 6.92. The monoisotopic (exact) mass is 323 g/mol. The molecule has 20 heavy (non-hydrogen) atoms. The number of hydrazone groups is 1. The van der Waals surface area contributed by atoms with E-state index in [1.54, 1.807) is 18.2 Å². The maximum Gasteiger partial charge on any atom is 0.191 e. The van der Waals surface area contributed by atoms with Crippen molar-refractivity contribution in [1.82, 2.24) is 5.43 Å². The standard InChI is InChI=1S/C14H11Cl2N3S/c15-12-7-4-8-13(16)11(12)9-17-19-14(20)18-10-5-2-1-3-6-10/h1-9H,(H2,18,19,20). The van der Waals surface area contributed by atoms with Crippen LogP contribution in [-0.4, -0.2) is 11.3 Å². The van der Waals surface area contributed by atoms with Gasteiger partial charge in [0, 0.05) is 11.3 Å². The number of thiocarbonyl (C=S) groups is 1. The molecule has 0 heterocycles. The fourth-order valence-electron chi connectivity index (χ4n) is 1.47. The topological polar surface area (TPSA) is 36.4 Å². The van der Waals surface area contributed by atoms with Crippen molar-refractivity contribution in [3.05, 3.63) is 64.1 Å². The molecular weight excluding hydrogens is 313 g/mol. The molecular formula is C14H11Cl2N3S. The molecule has 0 aliphatic heterocycles. The lowest BCUT2D eigenvalue weighted by molar-refractivity contribution is 1.05. The molecule has 0 amide bonds. The largest absolute Gasteiger partial charge is 0.331 e. The van der Waals surface area contributed by atoms with Gasteiger partial charge in [0.05, 0.1) is 16.3 Å². The summed E-state index contributed by atoms with van der Waals surface area (Å²) < 4.78 is 0. The molecule has 102 valence electrons. The zero-order valence-electron chi connectivity index (χ0n) is 10.3. The van der Waals surface area contributed by atoms with E-state index in [1.165, 1.54) is 6.21 Å². The molecule has 0 unspecified atom stereocenters. The smallest absolute Gasteiger partial charge is 0.191 e.